The minimum Gasteiger partial charge on any atom is -0.457 e. The van der Waals surface area contributed by atoms with Crippen molar-refractivity contribution in [2.75, 3.05) is 0 Å². The Hall–Kier alpha value is -1.76. The van der Waals surface area contributed by atoms with Gasteiger partial charge in [0, 0.05) is 5.56 Å². The van der Waals surface area contributed by atoms with Crippen molar-refractivity contribution in [2.24, 2.45) is 0 Å². The minimum atomic E-state index is 0.0846. The Labute approximate surface area is 109 Å². The van der Waals surface area contributed by atoms with Crippen LogP contribution in [0.4, 0.5) is 0 Å². The van der Waals surface area contributed by atoms with Gasteiger partial charge in [0.2, 0.25) is 0 Å². The van der Waals surface area contributed by atoms with Crippen molar-refractivity contribution in [3.63, 3.8) is 0 Å². The molecular weight excluding hydrogens is 220 g/mol. The Balaban J connectivity index is 2.32. The molecule has 0 spiro atoms. The first-order chi connectivity index (χ1) is 8.47. The lowest BCUT2D eigenvalue weighted by Gasteiger charge is -2.22. The average Bonchev–Trinajstić information content (AvgIpc) is 2.31. The summed E-state index contributed by atoms with van der Waals surface area (Å²) < 4.78 is 5.99. The first-order valence-electron chi connectivity index (χ1n) is 6.31. The van der Waals surface area contributed by atoms with E-state index in [0.29, 0.717) is 0 Å². The molecule has 0 saturated heterocycles. The Kier molecular flexibility index (Phi) is 3.42. The summed E-state index contributed by atoms with van der Waals surface area (Å²) in [6, 6.07) is 16.4. The van der Waals surface area contributed by atoms with Crippen LogP contribution in [0.15, 0.2) is 48.5 Å². The molecule has 0 unspecified atom stereocenters. The smallest absolute Gasteiger partial charge is 0.131 e. The fraction of sp³-hybridized carbons (Fsp3) is 0.294. The summed E-state index contributed by atoms with van der Waals surface area (Å²) in [5, 5.41) is 0. The number of rotatable bonds is 2. The second kappa shape index (κ2) is 4.85. The molecule has 0 aliphatic carbocycles. The van der Waals surface area contributed by atoms with Crippen molar-refractivity contribution in [1.82, 2.24) is 0 Å². The molecule has 0 atom stereocenters. The first kappa shape index (κ1) is 12.7. The van der Waals surface area contributed by atoms with Gasteiger partial charge in [-0.1, -0.05) is 56.7 Å². The van der Waals surface area contributed by atoms with Crippen LogP contribution in [-0.4, -0.2) is 0 Å². The molecule has 94 valence electrons. The summed E-state index contributed by atoms with van der Waals surface area (Å²) in [4.78, 5) is 0. The molecule has 0 radical (unpaired) electrons. The summed E-state index contributed by atoms with van der Waals surface area (Å²) in [6.45, 7) is 8.67. The number of hydrogen-bond acceptors (Lipinski definition) is 1. The molecule has 0 bridgehead atoms. The fourth-order valence-electron chi connectivity index (χ4n) is 1.91. The van der Waals surface area contributed by atoms with Crippen LogP contribution in [0.2, 0.25) is 0 Å². The van der Waals surface area contributed by atoms with Crippen LogP contribution in [0.5, 0.6) is 11.5 Å². The van der Waals surface area contributed by atoms with Crippen molar-refractivity contribution in [3.8, 4) is 11.5 Å². The van der Waals surface area contributed by atoms with Crippen molar-refractivity contribution in [2.45, 2.75) is 33.1 Å². The second-order valence-electron chi connectivity index (χ2n) is 5.66. The fourth-order valence-corrected chi connectivity index (χ4v) is 1.91. The standard InChI is InChI=1S/C17H20O/c1-13-9-11-14(12-10-13)18-16-8-6-5-7-15(16)17(2,3)4/h5-12H,1-4H3. The molecule has 0 aromatic heterocycles. The normalized spacial score (nSPS) is 11.3. The maximum Gasteiger partial charge on any atom is 0.131 e. The first-order valence-corrected chi connectivity index (χ1v) is 6.31. The zero-order chi connectivity index (χ0) is 13.2. The van der Waals surface area contributed by atoms with E-state index in [1.54, 1.807) is 0 Å². The van der Waals surface area contributed by atoms with Gasteiger partial charge in [-0.25, -0.2) is 0 Å². The van der Waals surface area contributed by atoms with Crippen LogP contribution >= 0.6 is 0 Å². The summed E-state index contributed by atoms with van der Waals surface area (Å²) in [5.74, 6) is 1.83. The lowest BCUT2D eigenvalue weighted by molar-refractivity contribution is 0.455. The van der Waals surface area contributed by atoms with Gasteiger partial charge < -0.3 is 4.74 Å². The van der Waals surface area contributed by atoms with Crippen LogP contribution in [-0.2, 0) is 5.41 Å². The molecule has 18 heavy (non-hydrogen) atoms. The maximum atomic E-state index is 5.99. The highest BCUT2D eigenvalue weighted by Gasteiger charge is 2.18. The highest BCUT2D eigenvalue weighted by atomic mass is 16.5. The minimum absolute atomic E-state index is 0.0846. The maximum absolute atomic E-state index is 5.99. The molecule has 2 rings (SSSR count). The monoisotopic (exact) mass is 240 g/mol. The highest BCUT2D eigenvalue weighted by molar-refractivity contribution is 5.41. The summed E-state index contributed by atoms with van der Waals surface area (Å²) in [7, 11) is 0. The van der Waals surface area contributed by atoms with Crippen LogP contribution in [0.25, 0.3) is 0 Å². The zero-order valence-corrected chi connectivity index (χ0v) is 11.5. The van der Waals surface area contributed by atoms with Gasteiger partial charge in [0.1, 0.15) is 11.5 Å². The van der Waals surface area contributed by atoms with Gasteiger partial charge in [0.15, 0.2) is 0 Å². The van der Waals surface area contributed by atoms with E-state index in [4.69, 9.17) is 4.74 Å². The Morgan fingerprint density at radius 2 is 1.44 bits per heavy atom. The van der Waals surface area contributed by atoms with E-state index in [1.807, 2.05) is 24.3 Å². The van der Waals surface area contributed by atoms with Gasteiger partial charge in [-0.05, 0) is 30.5 Å². The molecule has 1 heteroatoms. The lowest BCUT2D eigenvalue weighted by atomic mass is 9.86. The van der Waals surface area contributed by atoms with E-state index in [9.17, 15) is 0 Å². The van der Waals surface area contributed by atoms with Crippen molar-refractivity contribution >= 4 is 0 Å². The van der Waals surface area contributed by atoms with Crippen LogP contribution in [0, 0.1) is 6.92 Å². The lowest BCUT2D eigenvalue weighted by Crippen LogP contribution is -2.12. The molecular formula is C17H20O. The van der Waals surface area contributed by atoms with Gasteiger partial charge in [-0.2, -0.15) is 0 Å². The number of ether oxygens (including phenoxy) is 1. The molecule has 0 aliphatic heterocycles. The molecule has 0 amide bonds. The topological polar surface area (TPSA) is 9.23 Å². The van der Waals surface area contributed by atoms with Crippen molar-refractivity contribution < 1.29 is 4.74 Å². The number of hydrogen-bond donors (Lipinski definition) is 0. The van der Waals surface area contributed by atoms with Crippen LogP contribution < -0.4 is 4.74 Å². The number of aryl methyl sites for hydroxylation is 1. The van der Waals surface area contributed by atoms with E-state index in [2.05, 4.69) is 52.0 Å². The predicted molar refractivity (Wildman–Crippen MR) is 76.4 cm³/mol. The van der Waals surface area contributed by atoms with E-state index in [0.717, 1.165) is 11.5 Å². The average molecular weight is 240 g/mol. The zero-order valence-electron chi connectivity index (χ0n) is 11.5. The van der Waals surface area contributed by atoms with Gasteiger partial charge in [-0.15, -0.1) is 0 Å². The molecule has 0 heterocycles. The highest BCUT2D eigenvalue weighted by Crippen LogP contribution is 2.33. The SMILES string of the molecule is Cc1ccc(Oc2ccccc2C(C)(C)C)cc1. The summed E-state index contributed by atoms with van der Waals surface area (Å²) >= 11 is 0. The van der Waals surface area contributed by atoms with E-state index in [-0.39, 0.29) is 5.41 Å². The Bertz CT molecular complexity index is 518. The number of para-hydroxylation sites is 1. The predicted octanol–water partition coefficient (Wildman–Crippen LogP) is 5.08. The third-order valence-electron chi connectivity index (χ3n) is 2.94. The molecule has 0 saturated carbocycles. The van der Waals surface area contributed by atoms with Crippen molar-refractivity contribution in [3.05, 3.63) is 59.7 Å². The molecule has 0 N–H and O–H groups in total. The second-order valence-corrected chi connectivity index (χ2v) is 5.66. The molecule has 2 aromatic rings. The van der Waals surface area contributed by atoms with Gasteiger partial charge in [0.05, 0.1) is 0 Å². The van der Waals surface area contributed by atoms with Gasteiger partial charge in [0.25, 0.3) is 0 Å². The molecule has 2 aromatic carbocycles. The summed E-state index contributed by atoms with van der Waals surface area (Å²) in [6.07, 6.45) is 0. The number of benzene rings is 2. The van der Waals surface area contributed by atoms with Crippen molar-refractivity contribution in [1.29, 1.82) is 0 Å². The van der Waals surface area contributed by atoms with Crippen LogP contribution in [0.1, 0.15) is 31.9 Å². The molecule has 0 fully saturated rings. The molecule has 0 aliphatic rings. The van der Waals surface area contributed by atoms with E-state index >= 15 is 0 Å². The molecule has 1 nitrogen and oxygen atoms in total. The van der Waals surface area contributed by atoms with E-state index in [1.165, 1.54) is 11.1 Å². The van der Waals surface area contributed by atoms with Gasteiger partial charge in [-0.3, -0.25) is 0 Å². The Morgan fingerprint density at radius 1 is 0.833 bits per heavy atom. The third-order valence-corrected chi connectivity index (χ3v) is 2.94. The Morgan fingerprint density at radius 3 is 2.06 bits per heavy atom. The summed E-state index contributed by atoms with van der Waals surface area (Å²) in [5.41, 5.74) is 2.55. The quantitative estimate of drug-likeness (QED) is 0.711. The van der Waals surface area contributed by atoms with Crippen LogP contribution in [0.3, 0.4) is 0 Å². The largest absolute Gasteiger partial charge is 0.457 e. The third kappa shape index (κ3) is 2.92. The van der Waals surface area contributed by atoms with Gasteiger partial charge >= 0.3 is 0 Å². The van der Waals surface area contributed by atoms with E-state index < -0.39 is 0 Å².